The van der Waals surface area contributed by atoms with E-state index in [0.717, 1.165) is 10.5 Å². The lowest BCUT2D eigenvalue weighted by Crippen LogP contribution is -2.28. The maximum Gasteiger partial charge on any atom is 0.230 e. The second-order valence-corrected chi connectivity index (χ2v) is 6.19. The van der Waals surface area contributed by atoms with E-state index in [1.807, 2.05) is 19.1 Å². The molecule has 4 nitrogen and oxygen atoms in total. The Morgan fingerprint density at radius 1 is 1.12 bits per heavy atom. The second-order valence-electron chi connectivity index (χ2n) is 5.15. The van der Waals surface area contributed by atoms with Crippen molar-refractivity contribution >= 4 is 17.7 Å². The number of benzene rings is 2. The minimum atomic E-state index is -0.290. The Hall–Kier alpha value is -2.21. The number of halogens is 1. The lowest BCUT2D eigenvalue weighted by molar-refractivity contribution is -0.119. The average Bonchev–Trinajstić information content (AvgIpc) is 2.60. The number of ether oxygens (including phenoxy) is 2. The summed E-state index contributed by atoms with van der Waals surface area (Å²) in [5.74, 6) is 1.17. The highest BCUT2D eigenvalue weighted by atomic mass is 32.2. The summed E-state index contributed by atoms with van der Waals surface area (Å²) in [6, 6.07) is 11.4. The molecule has 1 amide bonds. The summed E-state index contributed by atoms with van der Waals surface area (Å²) < 4.78 is 23.4. The van der Waals surface area contributed by atoms with Crippen molar-refractivity contribution in [1.29, 1.82) is 0 Å². The van der Waals surface area contributed by atoms with Crippen molar-refractivity contribution in [2.24, 2.45) is 0 Å². The van der Waals surface area contributed by atoms with Gasteiger partial charge in [-0.3, -0.25) is 4.79 Å². The Morgan fingerprint density at radius 3 is 2.42 bits per heavy atom. The van der Waals surface area contributed by atoms with Crippen LogP contribution in [-0.2, 0) is 4.79 Å². The van der Waals surface area contributed by atoms with Crippen molar-refractivity contribution in [3.05, 3.63) is 53.8 Å². The zero-order valence-electron chi connectivity index (χ0n) is 13.8. The Balaban J connectivity index is 1.90. The van der Waals surface area contributed by atoms with Crippen molar-refractivity contribution in [2.45, 2.75) is 17.9 Å². The van der Waals surface area contributed by atoms with E-state index in [0.29, 0.717) is 11.5 Å². The summed E-state index contributed by atoms with van der Waals surface area (Å²) >= 11 is 1.41. The highest BCUT2D eigenvalue weighted by molar-refractivity contribution is 8.00. The molecule has 0 fully saturated rings. The van der Waals surface area contributed by atoms with E-state index in [1.165, 1.54) is 23.9 Å². The number of amides is 1. The minimum absolute atomic E-state index is 0.0911. The quantitative estimate of drug-likeness (QED) is 0.772. The van der Waals surface area contributed by atoms with Gasteiger partial charge in [0.15, 0.2) is 11.5 Å². The Bertz CT molecular complexity index is 691. The molecule has 0 saturated carbocycles. The van der Waals surface area contributed by atoms with Gasteiger partial charge in [-0.1, -0.05) is 12.1 Å². The summed E-state index contributed by atoms with van der Waals surface area (Å²) in [6.07, 6.45) is 0. The normalized spacial score (nSPS) is 11.7. The maximum absolute atomic E-state index is 12.9. The van der Waals surface area contributed by atoms with Crippen LogP contribution >= 0.6 is 11.8 Å². The van der Waals surface area contributed by atoms with Crippen LogP contribution in [0.1, 0.15) is 18.5 Å². The largest absolute Gasteiger partial charge is 0.493 e. The molecule has 0 aliphatic heterocycles. The SMILES string of the molecule is COc1ccc(SCC(=O)N[C@@H](C)c2ccc(F)cc2)cc1OC. The molecule has 2 aromatic rings. The van der Waals surface area contributed by atoms with Crippen molar-refractivity contribution in [3.63, 3.8) is 0 Å². The molecular weight excluding hydrogens is 329 g/mol. The van der Waals surface area contributed by atoms with E-state index in [9.17, 15) is 9.18 Å². The van der Waals surface area contributed by atoms with E-state index < -0.39 is 0 Å². The third-order valence-electron chi connectivity index (χ3n) is 3.47. The summed E-state index contributed by atoms with van der Waals surface area (Å²) in [6.45, 7) is 1.87. The maximum atomic E-state index is 12.9. The predicted molar refractivity (Wildman–Crippen MR) is 93.2 cm³/mol. The van der Waals surface area contributed by atoms with Gasteiger partial charge in [0.2, 0.25) is 5.91 Å². The van der Waals surface area contributed by atoms with E-state index in [4.69, 9.17) is 9.47 Å². The fourth-order valence-corrected chi connectivity index (χ4v) is 2.91. The Kier molecular flexibility index (Phi) is 6.49. The van der Waals surface area contributed by atoms with Gasteiger partial charge in [0, 0.05) is 4.90 Å². The lowest BCUT2D eigenvalue weighted by Gasteiger charge is -2.14. The molecule has 0 aliphatic carbocycles. The van der Waals surface area contributed by atoms with Gasteiger partial charge in [-0.15, -0.1) is 11.8 Å². The van der Waals surface area contributed by atoms with E-state index in [2.05, 4.69) is 5.32 Å². The van der Waals surface area contributed by atoms with Gasteiger partial charge in [0.1, 0.15) is 5.82 Å². The average molecular weight is 349 g/mol. The van der Waals surface area contributed by atoms with Gasteiger partial charge in [-0.25, -0.2) is 4.39 Å². The molecule has 0 saturated heterocycles. The topological polar surface area (TPSA) is 47.6 Å². The Labute approximate surface area is 145 Å². The van der Waals surface area contributed by atoms with Crippen LogP contribution in [0.25, 0.3) is 0 Å². The summed E-state index contributed by atoms with van der Waals surface area (Å²) in [5.41, 5.74) is 0.862. The number of carbonyl (C=O) groups excluding carboxylic acids is 1. The third-order valence-corrected chi connectivity index (χ3v) is 4.47. The van der Waals surface area contributed by atoms with Gasteiger partial charge in [0.25, 0.3) is 0 Å². The fraction of sp³-hybridized carbons (Fsp3) is 0.278. The number of hydrogen-bond acceptors (Lipinski definition) is 4. The molecule has 0 radical (unpaired) electrons. The molecule has 1 N–H and O–H groups in total. The van der Waals surface area contributed by atoms with Crippen LogP contribution < -0.4 is 14.8 Å². The molecule has 0 aliphatic rings. The third kappa shape index (κ3) is 4.89. The first-order valence-electron chi connectivity index (χ1n) is 7.43. The van der Waals surface area contributed by atoms with Crippen LogP contribution in [-0.4, -0.2) is 25.9 Å². The van der Waals surface area contributed by atoms with Crippen LogP contribution in [0.3, 0.4) is 0 Å². The predicted octanol–water partition coefficient (Wildman–Crippen LogP) is 3.81. The first-order valence-corrected chi connectivity index (χ1v) is 8.41. The zero-order valence-corrected chi connectivity index (χ0v) is 14.7. The van der Waals surface area contributed by atoms with Crippen molar-refractivity contribution in [3.8, 4) is 11.5 Å². The second kappa shape index (κ2) is 8.59. The molecule has 0 aromatic heterocycles. The smallest absolute Gasteiger partial charge is 0.230 e. The fourth-order valence-electron chi connectivity index (χ4n) is 2.17. The number of hydrogen-bond donors (Lipinski definition) is 1. The summed E-state index contributed by atoms with van der Waals surface area (Å²) in [7, 11) is 3.15. The van der Waals surface area contributed by atoms with Gasteiger partial charge in [-0.2, -0.15) is 0 Å². The molecule has 0 heterocycles. The molecule has 0 bridgehead atoms. The lowest BCUT2D eigenvalue weighted by atomic mass is 10.1. The van der Waals surface area contributed by atoms with E-state index in [-0.39, 0.29) is 23.5 Å². The van der Waals surface area contributed by atoms with Gasteiger partial charge >= 0.3 is 0 Å². The number of nitrogens with one attached hydrogen (secondary N) is 1. The highest BCUT2D eigenvalue weighted by Gasteiger charge is 2.11. The molecule has 2 aromatic carbocycles. The molecule has 0 unspecified atom stereocenters. The highest BCUT2D eigenvalue weighted by Crippen LogP contribution is 2.31. The zero-order chi connectivity index (χ0) is 17.5. The number of rotatable bonds is 7. The van der Waals surface area contributed by atoms with Crippen LogP contribution in [0.4, 0.5) is 4.39 Å². The van der Waals surface area contributed by atoms with Crippen LogP contribution in [0.2, 0.25) is 0 Å². The van der Waals surface area contributed by atoms with Crippen LogP contribution in [0.15, 0.2) is 47.4 Å². The molecule has 2 rings (SSSR count). The van der Waals surface area contributed by atoms with Gasteiger partial charge in [0.05, 0.1) is 26.0 Å². The van der Waals surface area contributed by atoms with E-state index in [1.54, 1.807) is 32.4 Å². The number of thioether (sulfide) groups is 1. The summed E-state index contributed by atoms with van der Waals surface area (Å²) in [4.78, 5) is 13.0. The number of carbonyl (C=O) groups is 1. The van der Waals surface area contributed by atoms with Crippen LogP contribution in [0, 0.1) is 5.82 Å². The first kappa shape index (κ1) is 18.1. The minimum Gasteiger partial charge on any atom is -0.493 e. The molecule has 24 heavy (non-hydrogen) atoms. The Morgan fingerprint density at radius 2 is 1.79 bits per heavy atom. The van der Waals surface area contributed by atoms with Gasteiger partial charge in [-0.05, 0) is 42.8 Å². The van der Waals surface area contributed by atoms with Crippen molar-refractivity contribution in [1.82, 2.24) is 5.32 Å². The van der Waals surface area contributed by atoms with E-state index >= 15 is 0 Å². The monoisotopic (exact) mass is 349 g/mol. The number of methoxy groups -OCH3 is 2. The van der Waals surface area contributed by atoms with Gasteiger partial charge < -0.3 is 14.8 Å². The van der Waals surface area contributed by atoms with Crippen LogP contribution in [0.5, 0.6) is 11.5 Å². The van der Waals surface area contributed by atoms with Crippen molar-refractivity contribution < 1.29 is 18.7 Å². The summed E-state index contributed by atoms with van der Waals surface area (Å²) in [5, 5.41) is 2.90. The molecule has 1 atom stereocenters. The molecule has 0 spiro atoms. The molecular formula is C18H20FNO3S. The molecule has 128 valence electrons. The first-order chi connectivity index (χ1) is 11.5. The standard InChI is InChI=1S/C18H20FNO3S/c1-12(13-4-6-14(19)7-5-13)20-18(21)11-24-15-8-9-16(22-2)17(10-15)23-3/h4-10,12H,11H2,1-3H3,(H,20,21)/t12-/m0/s1. The molecule has 6 heteroatoms. The van der Waals surface area contributed by atoms with Crippen molar-refractivity contribution in [2.75, 3.05) is 20.0 Å².